The van der Waals surface area contributed by atoms with Crippen molar-refractivity contribution in [1.82, 2.24) is 9.88 Å². The summed E-state index contributed by atoms with van der Waals surface area (Å²) in [5.41, 5.74) is 1.71. The predicted octanol–water partition coefficient (Wildman–Crippen LogP) is 3.22. The molecule has 2 saturated heterocycles. The van der Waals surface area contributed by atoms with Gasteiger partial charge in [0.2, 0.25) is 0 Å². The van der Waals surface area contributed by atoms with Gasteiger partial charge >= 0.3 is 0 Å². The van der Waals surface area contributed by atoms with E-state index in [4.69, 9.17) is 9.47 Å². The molecule has 0 unspecified atom stereocenters. The van der Waals surface area contributed by atoms with Crippen molar-refractivity contribution in [3.05, 3.63) is 54.2 Å². The third kappa shape index (κ3) is 3.68. The first-order valence-corrected chi connectivity index (χ1v) is 9.57. The number of carbonyl (C=O) groups is 1. The van der Waals surface area contributed by atoms with Crippen molar-refractivity contribution in [3.8, 4) is 0 Å². The van der Waals surface area contributed by atoms with Crippen LogP contribution in [0.3, 0.4) is 0 Å². The maximum absolute atomic E-state index is 12.8. The highest BCUT2D eigenvalue weighted by Gasteiger charge is 2.40. The molecule has 142 valence electrons. The molecule has 1 amide bonds. The van der Waals surface area contributed by atoms with Crippen molar-refractivity contribution >= 4 is 17.4 Å². The molecule has 3 heterocycles. The van der Waals surface area contributed by atoms with Gasteiger partial charge < -0.3 is 19.3 Å². The highest BCUT2D eigenvalue weighted by atomic mass is 16.7. The van der Waals surface area contributed by atoms with E-state index in [0.717, 1.165) is 30.9 Å². The van der Waals surface area contributed by atoms with Gasteiger partial charge in [0.25, 0.3) is 5.91 Å². The number of ether oxygens (including phenoxy) is 2. The van der Waals surface area contributed by atoms with Gasteiger partial charge in [-0.05, 0) is 31.2 Å². The number of benzene rings is 1. The van der Waals surface area contributed by atoms with Crippen LogP contribution < -0.4 is 4.90 Å². The van der Waals surface area contributed by atoms with Gasteiger partial charge in [0.1, 0.15) is 5.82 Å². The minimum atomic E-state index is -0.462. The molecule has 0 bridgehead atoms. The largest absolute Gasteiger partial charge is 0.347 e. The molecule has 0 saturated carbocycles. The van der Waals surface area contributed by atoms with Crippen molar-refractivity contribution in [1.29, 1.82) is 0 Å². The Labute approximate surface area is 159 Å². The average Bonchev–Trinajstić information content (AvgIpc) is 3.18. The Morgan fingerprint density at radius 1 is 1.11 bits per heavy atom. The van der Waals surface area contributed by atoms with Gasteiger partial charge in [-0.2, -0.15) is 0 Å². The minimum absolute atomic E-state index is 0.0182. The van der Waals surface area contributed by atoms with Crippen LogP contribution in [-0.4, -0.2) is 54.4 Å². The molecular weight excluding hydrogens is 342 g/mol. The summed E-state index contributed by atoms with van der Waals surface area (Å²) in [6.45, 7) is 5.48. The second-order valence-electron chi connectivity index (χ2n) is 6.88. The van der Waals surface area contributed by atoms with E-state index in [1.54, 1.807) is 6.20 Å². The maximum Gasteiger partial charge on any atom is 0.255 e. The average molecular weight is 367 g/mol. The van der Waals surface area contributed by atoms with E-state index >= 15 is 0 Å². The highest BCUT2D eigenvalue weighted by Crippen LogP contribution is 2.32. The number of aromatic nitrogens is 1. The van der Waals surface area contributed by atoms with E-state index < -0.39 is 5.79 Å². The fraction of sp³-hybridized carbons (Fsp3) is 0.429. The number of likely N-dealkylation sites (tertiary alicyclic amines) is 1. The number of hydrogen-bond acceptors (Lipinski definition) is 5. The fourth-order valence-corrected chi connectivity index (χ4v) is 3.78. The van der Waals surface area contributed by atoms with E-state index in [0.29, 0.717) is 31.9 Å². The second kappa shape index (κ2) is 7.66. The second-order valence-corrected chi connectivity index (χ2v) is 6.88. The highest BCUT2D eigenvalue weighted by molar-refractivity contribution is 5.94. The zero-order chi connectivity index (χ0) is 18.7. The van der Waals surface area contributed by atoms with Gasteiger partial charge in [-0.25, -0.2) is 4.98 Å². The van der Waals surface area contributed by atoms with Crippen LogP contribution in [0.4, 0.5) is 11.5 Å². The lowest BCUT2D eigenvalue weighted by molar-refractivity contribution is -0.181. The van der Waals surface area contributed by atoms with Crippen LogP contribution in [0, 0.1) is 0 Å². The normalized spacial score (nSPS) is 18.6. The number of hydrogen-bond donors (Lipinski definition) is 0. The summed E-state index contributed by atoms with van der Waals surface area (Å²) < 4.78 is 11.5. The third-order valence-corrected chi connectivity index (χ3v) is 5.28. The number of nitrogens with zero attached hydrogens (tertiary/aromatic N) is 3. The number of rotatable bonds is 4. The van der Waals surface area contributed by atoms with Crippen LogP contribution in [0.2, 0.25) is 0 Å². The molecule has 1 aromatic carbocycles. The zero-order valence-electron chi connectivity index (χ0n) is 15.6. The summed E-state index contributed by atoms with van der Waals surface area (Å²) >= 11 is 0. The van der Waals surface area contributed by atoms with Crippen LogP contribution in [0.5, 0.6) is 0 Å². The molecule has 2 aromatic rings. The van der Waals surface area contributed by atoms with Crippen molar-refractivity contribution in [2.24, 2.45) is 0 Å². The topological polar surface area (TPSA) is 54.9 Å². The van der Waals surface area contributed by atoms with Crippen molar-refractivity contribution in [2.75, 3.05) is 37.7 Å². The molecule has 0 atom stereocenters. The third-order valence-electron chi connectivity index (χ3n) is 5.28. The molecule has 27 heavy (non-hydrogen) atoms. The summed E-state index contributed by atoms with van der Waals surface area (Å²) in [5, 5.41) is 0. The molecule has 2 aliphatic rings. The lowest BCUT2D eigenvalue weighted by Gasteiger charge is -2.37. The van der Waals surface area contributed by atoms with Crippen molar-refractivity contribution in [2.45, 2.75) is 25.6 Å². The SMILES string of the molecule is CCN(c1ccccc1)c1ccc(C(=O)N2CCC3(CC2)OCCO3)cn1. The van der Waals surface area contributed by atoms with Crippen molar-refractivity contribution in [3.63, 3.8) is 0 Å². The van der Waals surface area contributed by atoms with Crippen LogP contribution in [0.1, 0.15) is 30.1 Å². The van der Waals surface area contributed by atoms with Crippen LogP contribution in [0.15, 0.2) is 48.7 Å². The molecule has 0 N–H and O–H groups in total. The van der Waals surface area contributed by atoms with E-state index in [9.17, 15) is 4.79 Å². The van der Waals surface area contributed by atoms with Gasteiger partial charge in [0.05, 0.1) is 18.8 Å². The summed E-state index contributed by atoms with van der Waals surface area (Å²) in [6.07, 6.45) is 3.12. The molecule has 2 aliphatic heterocycles. The summed E-state index contributed by atoms with van der Waals surface area (Å²) in [7, 11) is 0. The number of pyridine rings is 1. The Morgan fingerprint density at radius 3 is 2.41 bits per heavy atom. The Hall–Kier alpha value is -2.44. The Morgan fingerprint density at radius 2 is 1.81 bits per heavy atom. The first kappa shape index (κ1) is 17.9. The summed E-state index contributed by atoms with van der Waals surface area (Å²) in [5.74, 6) is 0.395. The molecule has 2 fully saturated rings. The van der Waals surface area contributed by atoms with Gasteiger partial charge in [-0.1, -0.05) is 18.2 Å². The van der Waals surface area contributed by atoms with Gasteiger partial charge in [0.15, 0.2) is 5.79 Å². The molecule has 1 aromatic heterocycles. The monoisotopic (exact) mass is 367 g/mol. The quantitative estimate of drug-likeness (QED) is 0.831. The first-order valence-electron chi connectivity index (χ1n) is 9.57. The molecular formula is C21H25N3O3. The smallest absolute Gasteiger partial charge is 0.255 e. The van der Waals surface area contributed by atoms with E-state index in [-0.39, 0.29) is 5.91 Å². The Kier molecular flexibility index (Phi) is 5.09. The standard InChI is InChI=1S/C21H25N3O3/c1-2-24(18-6-4-3-5-7-18)19-9-8-17(16-22-19)20(25)23-12-10-21(11-13-23)26-14-15-27-21/h3-9,16H,2,10-15H2,1H3. The van der Waals surface area contributed by atoms with E-state index in [1.807, 2.05) is 35.2 Å². The fourth-order valence-electron chi connectivity index (χ4n) is 3.78. The minimum Gasteiger partial charge on any atom is -0.347 e. The summed E-state index contributed by atoms with van der Waals surface area (Å²) in [6, 6.07) is 13.9. The predicted molar refractivity (Wildman–Crippen MR) is 103 cm³/mol. The van der Waals surface area contributed by atoms with Crippen LogP contribution in [-0.2, 0) is 9.47 Å². The number of para-hydroxylation sites is 1. The van der Waals surface area contributed by atoms with Crippen molar-refractivity contribution < 1.29 is 14.3 Å². The molecule has 4 rings (SSSR count). The molecule has 0 radical (unpaired) electrons. The van der Waals surface area contributed by atoms with Crippen LogP contribution in [0.25, 0.3) is 0 Å². The van der Waals surface area contributed by atoms with E-state index in [1.165, 1.54) is 0 Å². The molecule has 6 heteroatoms. The number of anilines is 2. The van der Waals surface area contributed by atoms with Gasteiger partial charge in [-0.15, -0.1) is 0 Å². The maximum atomic E-state index is 12.8. The molecule has 6 nitrogen and oxygen atoms in total. The van der Waals surface area contributed by atoms with Gasteiger partial charge in [0, 0.05) is 44.4 Å². The molecule has 0 aliphatic carbocycles. The number of piperidine rings is 1. The first-order chi connectivity index (χ1) is 13.2. The Balaban J connectivity index is 1.43. The zero-order valence-corrected chi connectivity index (χ0v) is 15.6. The number of amides is 1. The lowest BCUT2D eigenvalue weighted by Crippen LogP contribution is -2.47. The summed E-state index contributed by atoms with van der Waals surface area (Å²) in [4.78, 5) is 21.3. The van der Waals surface area contributed by atoms with Gasteiger partial charge in [-0.3, -0.25) is 4.79 Å². The van der Waals surface area contributed by atoms with E-state index in [2.05, 4.69) is 28.9 Å². The van der Waals surface area contributed by atoms with Crippen LogP contribution >= 0.6 is 0 Å². The number of carbonyl (C=O) groups excluding carboxylic acids is 1. The lowest BCUT2D eigenvalue weighted by atomic mass is 10.0. The Bertz CT molecular complexity index is 763. The molecule has 1 spiro atoms.